The van der Waals surface area contributed by atoms with Gasteiger partial charge in [-0.1, -0.05) is 12.1 Å². The maximum Gasteiger partial charge on any atom is 0.416 e. The fourth-order valence-electron chi connectivity index (χ4n) is 2.47. The first-order chi connectivity index (χ1) is 14.8. The van der Waals surface area contributed by atoms with Gasteiger partial charge in [0.1, 0.15) is 18.1 Å². The lowest BCUT2D eigenvalue weighted by Crippen LogP contribution is -2.53. The fourth-order valence-corrected chi connectivity index (χ4v) is 2.47. The molecule has 1 aliphatic rings. The number of carbonyl (C=O) groups excluding carboxylic acids is 4. The summed E-state index contributed by atoms with van der Waals surface area (Å²) in [5.74, 6) is -1.17. The van der Waals surface area contributed by atoms with Crippen LogP contribution in [0.25, 0.3) is 0 Å². The van der Waals surface area contributed by atoms with Gasteiger partial charge in [-0.2, -0.15) is 9.98 Å². The summed E-state index contributed by atoms with van der Waals surface area (Å²) < 4.78 is 15.6. The lowest BCUT2D eigenvalue weighted by Gasteiger charge is -2.16. The van der Waals surface area contributed by atoms with Crippen molar-refractivity contribution in [3.8, 4) is 11.5 Å². The summed E-state index contributed by atoms with van der Waals surface area (Å²) >= 11 is 0. The average Bonchev–Trinajstić information content (AvgIpc) is 3.45. The summed E-state index contributed by atoms with van der Waals surface area (Å²) in [4.78, 5) is 52.2. The Morgan fingerprint density at radius 2 is 1.32 bits per heavy atom. The van der Waals surface area contributed by atoms with E-state index in [1.165, 1.54) is 24.3 Å². The molecule has 2 aromatic rings. The minimum atomic E-state index is -1.49. The molecule has 2 amide bonds. The van der Waals surface area contributed by atoms with Crippen LogP contribution in [-0.4, -0.2) is 36.8 Å². The van der Waals surface area contributed by atoms with Gasteiger partial charge in [-0.15, -0.1) is 0 Å². The molecule has 11 nitrogen and oxygen atoms in total. The second-order valence-electron chi connectivity index (χ2n) is 6.45. The Hall–Kier alpha value is -4.30. The number of ether oxygens (including phenoxy) is 3. The number of rotatable bonds is 6. The number of nitrogens with zero attached hydrogens (tertiary/aromatic N) is 2. The monoisotopic (exact) mass is 424 g/mol. The molecule has 1 saturated heterocycles. The highest BCUT2D eigenvalue weighted by Gasteiger charge is 2.49. The van der Waals surface area contributed by atoms with Gasteiger partial charge in [-0.3, -0.25) is 10.6 Å². The van der Waals surface area contributed by atoms with Crippen molar-refractivity contribution < 1.29 is 33.4 Å². The molecule has 31 heavy (non-hydrogen) atoms. The van der Waals surface area contributed by atoms with Crippen molar-refractivity contribution in [2.75, 3.05) is 6.61 Å². The van der Waals surface area contributed by atoms with E-state index in [-0.39, 0.29) is 29.5 Å². The summed E-state index contributed by atoms with van der Waals surface area (Å²) in [6.07, 6.45) is 0.981. The van der Waals surface area contributed by atoms with Crippen LogP contribution in [-0.2, 0) is 14.3 Å². The Balaban J connectivity index is 1.62. The summed E-state index contributed by atoms with van der Waals surface area (Å²) in [5, 5.41) is 4.77. The van der Waals surface area contributed by atoms with Gasteiger partial charge in [0.05, 0.1) is 11.4 Å². The molecular weight excluding hydrogens is 408 g/mol. The Kier molecular flexibility index (Phi) is 6.23. The van der Waals surface area contributed by atoms with Gasteiger partial charge in [0.15, 0.2) is 0 Å². The lowest BCUT2D eigenvalue weighted by molar-refractivity contribution is 0.150. The average molecular weight is 424 g/mol. The minimum Gasteiger partial charge on any atom is -0.410 e. The molecule has 0 bridgehead atoms. The van der Waals surface area contributed by atoms with Crippen molar-refractivity contribution in [3.05, 3.63) is 47.5 Å². The number of aryl methyl sites for hydroxylation is 2. The Morgan fingerprint density at radius 3 is 1.68 bits per heavy atom. The standard InChI is InChI=1S/C20H16N4O7/c1-12-3-5-14(21-10-25)7-16(12)30-18(27)23-20(9-29-20)24-19(28)31-17-8-15(22-11-26)6-4-13(17)2/h3-8H,9H2,1-2H3,(H,23,27)(H,24,28). The van der Waals surface area contributed by atoms with Crippen LogP contribution >= 0.6 is 0 Å². The largest absolute Gasteiger partial charge is 0.416 e. The number of amides is 2. The van der Waals surface area contributed by atoms with Crippen LogP contribution < -0.4 is 20.1 Å². The van der Waals surface area contributed by atoms with Gasteiger partial charge in [0.2, 0.25) is 12.2 Å². The van der Waals surface area contributed by atoms with Gasteiger partial charge in [0.25, 0.3) is 5.85 Å². The first-order valence-corrected chi connectivity index (χ1v) is 8.85. The van der Waals surface area contributed by atoms with Crippen LogP contribution in [0, 0.1) is 13.8 Å². The smallest absolute Gasteiger partial charge is 0.410 e. The molecule has 0 aromatic heterocycles. The second-order valence-corrected chi connectivity index (χ2v) is 6.45. The van der Waals surface area contributed by atoms with E-state index < -0.39 is 18.0 Å². The van der Waals surface area contributed by atoms with Crippen molar-refractivity contribution in [3.63, 3.8) is 0 Å². The van der Waals surface area contributed by atoms with Gasteiger partial charge in [-0.25, -0.2) is 19.2 Å². The highest BCUT2D eigenvalue weighted by Crippen LogP contribution is 2.27. The molecule has 0 atom stereocenters. The summed E-state index contributed by atoms with van der Waals surface area (Å²) in [5.41, 5.74) is 1.76. The topological polar surface area (TPSA) is 148 Å². The number of hydrogen-bond donors (Lipinski definition) is 2. The van der Waals surface area contributed by atoms with Gasteiger partial charge < -0.3 is 14.2 Å². The molecule has 0 saturated carbocycles. The molecule has 2 aromatic carbocycles. The van der Waals surface area contributed by atoms with Crippen LogP contribution in [0.1, 0.15) is 11.1 Å². The van der Waals surface area contributed by atoms with E-state index in [4.69, 9.17) is 14.2 Å². The molecule has 158 valence electrons. The zero-order chi connectivity index (χ0) is 22.4. The third-order valence-electron chi connectivity index (χ3n) is 4.14. The van der Waals surface area contributed by atoms with E-state index >= 15 is 0 Å². The number of hydrogen-bond acceptors (Lipinski definition) is 9. The number of epoxide rings is 1. The number of benzene rings is 2. The molecular formula is C20H16N4O7. The maximum atomic E-state index is 12.2. The third-order valence-corrected chi connectivity index (χ3v) is 4.14. The molecule has 0 radical (unpaired) electrons. The molecule has 1 fully saturated rings. The highest BCUT2D eigenvalue weighted by molar-refractivity contribution is 5.76. The van der Waals surface area contributed by atoms with Crippen LogP contribution in [0.15, 0.2) is 46.4 Å². The molecule has 0 spiro atoms. The van der Waals surface area contributed by atoms with Crippen molar-refractivity contribution in [1.82, 2.24) is 10.6 Å². The first kappa shape index (κ1) is 21.4. The predicted octanol–water partition coefficient (Wildman–Crippen LogP) is 2.80. The highest BCUT2D eigenvalue weighted by atomic mass is 16.7. The van der Waals surface area contributed by atoms with Gasteiger partial charge >= 0.3 is 12.2 Å². The summed E-state index contributed by atoms with van der Waals surface area (Å²) in [6.45, 7) is 3.38. The van der Waals surface area contributed by atoms with E-state index in [1.807, 2.05) is 0 Å². The second kappa shape index (κ2) is 9.02. The van der Waals surface area contributed by atoms with Crippen molar-refractivity contribution in [1.29, 1.82) is 0 Å². The van der Waals surface area contributed by atoms with E-state index in [0.717, 1.165) is 0 Å². The quantitative estimate of drug-likeness (QED) is 0.313. The Labute approximate surface area is 175 Å². The van der Waals surface area contributed by atoms with Gasteiger partial charge in [0, 0.05) is 12.1 Å². The van der Waals surface area contributed by atoms with E-state index in [2.05, 4.69) is 20.6 Å². The van der Waals surface area contributed by atoms with Crippen molar-refractivity contribution in [2.45, 2.75) is 19.7 Å². The van der Waals surface area contributed by atoms with Crippen LogP contribution in [0.2, 0.25) is 0 Å². The van der Waals surface area contributed by atoms with Crippen LogP contribution in [0.4, 0.5) is 21.0 Å². The number of aliphatic imine (C=N–C) groups is 2. The van der Waals surface area contributed by atoms with Gasteiger partial charge in [-0.05, 0) is 37.1 Å². The zero-order valence-corrected chi connectivity index (χ0v) is 16.4. The number of isocyanates is 2. The van der Waals surface area contributed by atoms with Crippen molar-refractivity contribution in [2.24, 2.45) is 9.98 Å². The van der Waals surface area contributed by atoms with E-state index in [0.29, 0.717) is 11.1 Å². The number of carbonyl (C=O) groups is 2. The zero-order valence-electron chi connectivity index (χ0n) is 16.4. The fraction of sp³-hybridized carbons (Fsp3) is 0.200. The van der Waals surface area contributed by atoms with Crippen LogP contribution in [0.3, 0.4) is 0 Å². The molecule has 11 heteroatoms. The third kappa shape index (κ3) is 5.62. The predicted molar refractivity (Wildman–Crippen MR) is 105 cm³/mol. The van der Waals surface area contributed by atoms with Crippen LogP contribution in [0.5, 0.6) is 11.5 Å². The summed E-state index contributed by atoms with van der Waals surface area (Å²) in [7, 11) is 0. The molecule has 2 N–H and O–H groups in total. The maximum absolute atomic E-state index is 12.2. The normalized spacial score (nSPS) is 16.2. The first-order valence-electron chi connectivity index (χ1n) is 8.85. The Morgan fingerprint density at radius 1 is 0.903 bits per heavy atom. The SMILES string of the molecule is Cc1ccc(N=C=O)cc1OC(=O)NC1(NC(=O)Oc2cc(N=C=O)ccc2C)CO1. The minimum absolute atomic E-state index is 0.0138. The molecule has 1 aliphatic heterocycles. The molecule has 1 heterocycles. The lowest BCUT2D eigenvalue weighted by atomic mass is 10.2. The van der Waals surface area contributed by atoms with E-state index in [9.17, 15) is 19.2 Å². The molecule has 0 aliphatic carbocycles. The molecule has 3 rings (SSSR count). The molecule has 0 unspecified atom stereocenters. The van der Waals surface area contributed by atoms with Crippen molar-refractivity contribution >= 4 is 35.7 Å². The Bertz CT molecular complexity index is 1040. The number of nitrogens with one attached hydrogen (secondary N) is 2. The van der Waals surface area contributed by atoms with E-state index in [1.54, 1.807) is 38.1 Å². The summed E-state index contributed by atoms with van der Waals surface area (Å²) in [6, 6.07) is 9.13.